The zero-order valence-corrected chi connectivity index (χ0v) is 11.0. The Bertz CT molecular complexity index is 398. The first kappa shape index (κ1) is 13.3. The summed E-state index contributed by atoms with van der Waals surface area (Å²) in [6.07, 6.45) is -1.24. The van der Waals surface area contributed by atoms with Crippen LogP contribution in [-0.4, -0.2) is 53.6 Å². The van der Waals surface area contributed by atoms with Crippen LogP contribution in [0.3, 0.4) is 0 Å². The van der Waals surface area contributed by atoms with Crippen LogP contribution in [0.4, 0.5) is 0 Å². The molecule has 1 aromatic rings. The molecular weight excluding hydrogens is 230 g/mol. The van der Waals surface area contributed by atoms with Crippen molar-refractivity contribution >= 4 is 0 Å². The predicted octanol–water partition coefficient (Wildman–Crippen LogP) is 0.720. The van der Waals surface area contributed by atoms with E-state index in [0.29, 0.717) is 19.7 Å². The van der Waals surface area contributed by atoms with Crippen LogP contribution in [0.5, 0.6) is 5.75 Å². The number of aryl methyl sites for hydroxylation is 2. The Morgan fingerprint density at radius 3 is 2.56 bits per heavy atom. The number of rotatable bonds is 4. The van der Waals surface area contributed by atoms with E-state index in [2.05, 4.69) is 6.07 Å². The van der Waals surface area contributed by atoms with Crippen LogP contribution >= 0.6 is 0 Å². The minimum Gasteiger partial charge on any atom is -0.492 e. The Morgan fingerprint density at radius 2 is 1.89 bits per heavy atom. The third-order valence-corrected chi connectivity index (χ3v) is 3.34. The average molecular weight is 251 g/mol. The molecule has 100 valence electrons. The molecule has 18 heavy (non-hydrogen) atoms. The Balaban J connectivity index is 1.80. The summed E-state index contributed by atoms with van der Waals surface area (Å²) in [6, 6.07) is 6.15. The summed E-state index contributed by atoms with van der Waals surface area (Å²) in [7, 11) is 0. The lowest BCUT2D eigenvalue weighted by atomic mass is 10.1. The van der Waals surface area contributed by atoms with Gasteiger partial charge in [-0.3, -0.25) is 4.90 Å². The normalized spacial score (nSPS) is 24.4. The van der Waals surface area contributed by atoms with Crippen molar-refractivity contribution in [3.63, 3.8) is 0 Å². The quantitative estimate of drug-likeness (QED) is 0.828. The highest BCUT2D eigenvalue weighted by Crippen LogP contribution is 2.19. The average Bonchev–Trinajstić information content (AvgIpc) is 2.63. The lowest BCUT2D eigenvalue weighted by molar-refractivity contribution is 0.0572. The molecule has 0 unspecified atom stereocenters. The third kappa shape index (κ3) is 3.22. The van der Waals surface area contributed by atoms with Gasteiger partial charge in [0.2, 0.25) is 0 Å². The number of aliphatic hydroxyl groups excluding tert-OH is 2. The van der Waals surface area contributed by atoms with Crippen LogP contribution in [0.25, 0.3) is 0 Å². The van der Waals surface area contributed by atoms with Crippen molar-refractivity contribution in [1.29, 1.82) is 0 Å². The van der Waals surface area contributed by atoms with E-state index in [4.69, 9.17) is 4.74 Å². The van der Waals surface area contributed by atoms with Crippen LogP contribution in [0, 0.1) is 13.8 Å². The molecule has 0 aromatic heterocycles. The van der Waals surface area contributed by atoms with Crippen LogP contribution in [0.1, 0.15) is 11.1 Å². The highest BCUT2D eigenvalue weighted by atomic mass is 16.5. The largest absolute Gasteiger partial charge is 0.492 e. The van der Waals surface area contributed by atoms with Gasteiger partial charge in [-0.15, -0.1) is 0 Å². The molecule has 1 aliphatic rings. The highest BCUT2D eigenvalue weighted by molar-refractivity contribution is 5.35. The number of aliphatic hydroxyl groups is 2. The third-order valence-electron chi connectivity index (χ3n) is 3.34. The zero-order valence-electron chi connectivity index (χ0n) is 11.0. The van der Waals surface area contributed by atoms with E-state index >= 15 is 0 Å². The smallest absolute Gasteiger partial charge is 0.122 e. The van der Waals surface area contributed by atoms with Gasteiger partial charge in [0.15, 0.2) is 0 Å². The SMILES string of the molecule is Cc1ccc(C)c(OCCN2C[C@@H](O)[C@@H](O)C2)c1. The molecule has 1 saturated heterocycles. The van der Waals surface area contributed by atoms with Gasteiger partial charge >= 0.3 is 0 Å². The number of β-amino-alcohol motifs (C(OH)–C–C–N with tert-alkyl or cyclic N) is 2. The Morgan fingerprint density at radius 1 is 1.22 bits per heavy atom. The number of likely N-dealkylation sites (tertiary alicyclic amines) is 1. The summed E-state index contributed by atoms with van der Waals surface area (Å²) < 4.78 is 5.75. The zero-order chi connectivity index (χ0) is 13.1. The predicted molar refractivity (Wildman–Crippen MR) is 69.9 cm³/mol. The van der Waals surface area contributed by atoms with Gasteiger partial charge in [0.05, 0.1) is 12.2 Å². The van der Waals surface area contributed by atoms with Gasteiger partial charge in [-0.25, -0.2) is 0 Å². The fraction of sp³-hybridized carbons (Fsp3) is 0.571. The monoisotopic (exact) mass is 251 g/mol. The second-order valence-corrected chi connectivity index (χ2v) is 5.01. The summed E-state index contributed by atoms with van der Waals surface area (Å²) in [5, 5.41) is 18.9. The van der Waals surface area contributed by atoms with Crippen LogP contribution in [0.2, 0.25) is 0 Å². The molecule has 4 heteroatoms. The van der Waals surface area contributed by atoms with Gasteiger partial charge in [0.1, 0.15) is 12.4 Å². The summed E-state index contributed by atoms with van der Waals surface area (Å²) in [4.78, 5) is 2.01. The second-order valence-electron chi connectivity index (χ2n) is 5.01. The molecule has 0 spiro atoms. The molecule has 1 aromatic carbocycles. The van der Waals surface area contributed by atoms with Crippen molar-refractivity contribution in [2.24, 2.45) is 0 Å². The maximum atomic E-state index is 9.43. The number of nitrogens with zero attached hydrogens (tertiary/aromatic N) is 1. The van der Waals surface area contributed by atoms with Gasteiger partial charge in [0.25, 0.3) is 0 Å². The number of hydrogen-bond acceptors (Lipinski definition) is 4. The lowest BCUT2D eigenvalue weighted by Crippen LogP contribution is -2.27. The van der Waals surface area contributed by atoms with E-state index in [1.165, 1.54) is 5.56 Å². The first-order chi connectivity index (χ1) is 8.56. The summed E-state index contributed by atoms with van der Waals surface area (Å²) >= 11 is 0. The Hall–Kier alpha value is -1.10. The van der Waals surface area contributed by atoms with E-state index < -0.39 is 12.2 Å². The number of ether oxygens (including phenoxy) is 1. The summed E-state index contributed by atoms with van der Waals surface area (Å²) in [6.45, 7) is 6.41. The van der Waals surface area contributed by atoms with Crippen molar-refractivity contribution in [1.82, 2.24) is 4.90 Å². The summed E-state index contributed by atoms with van der Waals surface area (Å²) in [5.41, 5.74) is 2.31. The molecule has 1 heterocycles. The van der Waals surface area contributed by atoms with Crippen LogP contribution in [0.15, 0.2) is 18.2 Å². The molecule has 0 amide bonds. The molecular formula is C14H21NO3. The van der Waals surface area contributed by atoms with Gasteiger partial charge in [-0.2, -0.15) is 0 Å². The lowest BCUT2D eigenvalue weighted by Gasteiger charge is -2.16. The van der Waals surface area contributed by atoms with Gasteiger partial charge < -0.3 is 14.9 Å². The Kier molecular flexibility index (Phi) is 4.22. The van der Waals surface area contributed by atoms with E-state index in [1.807, 2.05) is 30.9 Å². The molecule has 0 aliphatic carbocycles. The molecule has 2 N–H and O–H groups in total. The minimum absolute atomic E-state index is 0.525. The van der Waals surface area contributed by atoms with Crippen LogP contribution < -0.4 is 4.74 Å². The number of benzene rings is 1. The topological polar surface area (TPSA) is 52.9 Å². The van der Waals surface area contributed by atoms with Gasteiger partial charge in [0, 0.05) is 19.6 Å². The summed E-state index contributed by atoms with van der Waals surface area (Å²) in [5.74, 6) is 0.912. The van der Waals surface area contributed by atoms with Crippen molar-refractivity contribution in [3.8, 4) is 5.75 Å². The van der Waals surface area contributed by atoms with Gasteiger partial charge in [-0.1, -0.05) is 12.1 Å². The van der Waals surface area contributed by atoms with Crippen molar-refractivity contribution in [2.45, 2.75) is 26.1 Å². The molecule has 4 nitrogen and oxygen atoms in total. The standard InChI is InChI=1S/C14H21NO3/c1-10-3-4-11(2)14(7-10)18-6-5-15-8-12(16)13(17)9-15/h3-4,7,12-13,16-17H,5-6,8-9H2,1-2H3/t12-,13+. The first-order valence-electron chi connectivity index (χ1n) is 6.35. The Labute approximate surface area is 108 Å². The van der Waals surface area contributed by atoms with E-state index in [9.17, 15) is 10.2 Å². The van der Waals surface area contributed by atoms with E-state index in [-0.39, 0.29) is 0 Å². The van der Waals surface area contributed by atoms with Crippen LogP contribution in [-0.2, 0) is 0 Å². The van der Waals surface area contributed by atoms with Crippen molar-refractivity contribution in [3.05, 3.63) is 29.3 Å². The molecule has 2 atom stereocenters. The van der Waals surface area contributed by atoms with Crippen molar-refractivity contribution < 1.29 is 14.9 Å². The minimum atomic E-state index is -0.620. The molecule has 1 aliphatic heterocycles. The fourth-order valence-electron chi connectivity index (χ4n) is 2.18. The molecule has 0 bridgehead atoms. The maximum Gasteiger partial charge on any atom is 0.122 e. The second kappa shape index (κ2) is 5.69. The molecule has 0 saturated carbocycles. The van der Waals surface area contributed by atoms with Gasteiger partial charge in [-0.05, 0) is 31.0 Å². The molecule has 1 fully saturated rings. The molecule has 0 radical (unpaired) electrons. The maximum absolute atomic E-state index is 9.43. The fourth-order valence-corrected chi connectivity index (χ4v) is 2.18. The first-order valence-corrected chi connectivity index (χ1v) is 6.35. The number of hydrogen-bond donors (Lipinski definition) is 2. The van der Waals surface area contributed by atoms with E-state index in [1.54, 1.807) is 0 Å². The van der Waals surface area contributed by atoms with Crippen molar-refractivity contribution in [2.75, 3.05) is 26.2 Å². The highest BCUT2D eigenvalue weighted by Gasteiger charge is 2.28. The van der Waals surface area contributed by atoms with E-state index in [0.717, 1.165) is 17.9 Å². The molecule has 2 rings (SSSR count).